The molecule has 166 valence electrons. The molecule has 0 radical (unpaired) electrons. The first kappa shape index (κ1) is 23.0. The highest BCUT2D eigenvalue weighted by molar-refractivity contribution is 7.89. The molecule has 1 aliphatic rings. The van der Waals surface area contributed by atoms with E-state index in [4.69, 9.17) is 4.74 Å². The molecule has 31 heavy (non-hydrogen) atoms. The number of carbonyl (C=O) groups is 2. The zero-order valence-corrected chi connectivity index (χ0v) is 18.4. The maximum atomic E-state index is 12.9. The van der Waals surface area contributed by atoms with E-state index in [9.17, 15) is 18.0 Å². The Bertz CT molecular complexity index is 1000. The van der Waals surface area contributed by atoms with E-state index >= 15 is 0 Å². The second kappa shape index (κ2) is 10.5. The van der Waals surface area contributed by atoms with E-state index < -0.39 is 28.5 Å². The predicted octanol–water partition coefficient (Wildman–Crippen LogP) is 3.29. The van der Waals surface area contributed by atoms with E-state index in [0.717, 1.165) is 31.2 Å². The van der Waals surface area contributed by atoms with Crippen LogP contribution in [-0.4, -0.2) is 44.3 Å². The summed E-state index contributed by atoms with van der Waals surface area (Å²) in [5.74, 6) is -1.17. The highest BCUT2D eigenvalue weighted by atomic mass is 32.2. The van der Waals surface area contributed by atoms with Crippen molar-refractivity contribution in [3.8, 4) is 0 Å². The Kier molecular flexibility index (Phi) is 7.81. The molecule has 1 fully saturated rings. The summed E-state index contributed by atoms with van der Waals surface area (Å²) in [5.41, 5.74) is 1.04. The second-order valence-corrected chi connectivity index (χ2v) is 9.56. The fourth-order valence-electron chi connectivity index (χ4n) is 3.54. The van der Waals surface area contributed by atoms with Crippen molar-refractivity contribution in [2.24, 2.45) is 0 Å². The molecule has 0 aliphatic carbocycles. The molecule has 2 aromatic rings. The summed E-state index contributed by atoms with van der Waals surface area (Å²) in [6.45, 7) is 2.36. The number of hydrogen-bond donors (Lipinski definition) is 1. The number of nitrogens with one attached hydrogen (secondary N) is 1. The number of carbonyl (C=O) groups excluding carboxylic acids is 2. The molecule has 1 aliphatic heterocycles. The molecule has 0 aromatic heterocycles. The van der Waals surface area contributed by atoms with Crippen LogP contribution in [0.4, 0.5) is 0 Å². The Morgan fingerprint density at radius 2 is 1.68 bits per heavy atom. The molecule has 1 amide bonds. The van der Waals surface area contributed by atoms with Crippen LogP contribution in [0.5, 0.6) is 0 Å². The summed E-state index contributed by atoms with van der Waals surface area (Å²) >= 11 is 0. The van der Waals surface area contributed by atoms with Crippen LogP contribution >= 0.6 is 0 Å². The molecule has 0 spiro atoms. The van der Waals surface area contributed by atoms with Crippen LogP contribution in [-0.2, 0) is 19.6 Å². The van der Waals surface area contributed by atoms with Crippen LogP contribution < -0.4 is 5.32 Å². The molecule has 7 nitrogen and oxygen atoms in total. The SMILES string of the molecule is CC(NC(=O)COC(=O)c1cccc(S(=O)(=O)N2CCCCCC2)c1)c1ccccc1. The van der Waals surface area contributed by atoms with Gasteiger partial charge < -0.3 is 10.1 Å². The first-order valence-corrected chi connectivity index (χ1v) is 11.9. The largest absolute Gasteiger partial charge is 0.452 e. The summed E-state index contributed by atoms with van der Waals surface area (Å²) in [6.07, 6.45) is 3.70. The quantitative estimate of drug-likeness (QED) is 0.662. The van der Waals surface area contributed by atoms with Crippen molar-refractivity contribution < 1.29 is 22.7 Å². The van der Waals surface area contributed by atoms with Crippen LogP contribution in [0.2, 0.25) is 0 Å². The number of ether oxygens (including phenoxy) is 1. The molecule has 3 rings (SSSR count). The number of esters is 1. The highest BCUT2D eigenvalue weighted by Crippen LogP contribution is 2.21. The maximum Gasteiger partial charge on any atom is 0.338 e. The minimum absolute atomic E-state index is 0.0611. The summed E-state index contributed by atoms with van der Waals surface area (Å²) in [5, 5.41) is 2.77. The predicted molar refractivity (Wildman–Crippen MR) is 117 cm³/mol. The molecule has 1 N–H and O–H groups in total. The van der Waals surface area contributed by atoms with Crippen molar-refractivity contribution >= 4 is 21.9 Å². The molecule has 1 unspecified atom stereocenters. The van der Waals surface area contributed by atoms with E-state index in [2.05, 4.69) is 5.32 Å². The van der Waals surface area contributed by atoms with Crippen LogP contribution in [0.3, 0.4) is 0 Å². The monoisotopic (exact) mass is 444 g/mol. The van der Waals surface area contributed by atoms with Gasteiger partial charge in [0.05, 0.1) is 16.5 Å². The molecule has 0 saturated carbocycles. The van der Waals surface area contributed by atoms with E-state index in [1.807, 2.05) is 37.3 Å². The molecule has 8 heteroatoms. The van der Waals surface area contributed by atoms with Crippen molar-refractivity contribution in [1.82, 2.24) is 9.62 Å². The Morgan fingerprint density at radius 3 is 2.35 bits per heavy atom. The number of hydrogen-bond acceptors (Lipinski definition) is 5. The summed E-state index contributed by atoms with van der Waals surface area (Å²) in [4.78, 5) is 24.6. The fourth-order valence-corrected chi connectivity index (χ4v) is 5.10. The van der Waals surface area contributed by atoms with Gasteiger partial charge in [-0.25, -0.2) is 13.2 Å². The average molecular weight is 445 g/mol. The van der Waals surface area contributed by atoms with Gasteiger partial charge in [0, 0.05) is 13.1 Å². The molecule has 1 saturated heterocycles. The van der Waals surface area contributed by atoms with Gasteiger partial charge in [-0.2, -0.15) is 4.31 Å². The van der Waals surface area contributed by atoms with Gasteiger partial charge in [0.15, 0.2) is 6.61 Å². The molecular weight excluding hydrogens is 416 g/mol. The number of amides is 1. The molecule has 1 heterocycles. The van der Waals surface area contributed by atoms with Crippen molar-refractivity contribution in [3.05, 3.63) is 65.7 Å². The van der Waals surface area contributed by atoms with Gasteiger partial charge >= 0.3 is 5.97 Å². The average Bonchev–Trinajstić information content (AvgIpc) is 3.08. The maximum absolute atomic E-state index is 12.9. The Labute approximate surface area is 183 Å². The third kappa shape index (κ3) is 6.15. The Hall–Kier alpha value is -2.71. The van der Waals surface area contributed by atoms with Crippen LogP contribution in [0, 0.1) is 0 Å². The minimum atomic E-state index is -3.67. The molecule has 2 aromatic carbocycles. The lowest BCUT2D eigenvalue weighted by Gasteiger charge is -2.20. The number of benzene rings is 2. The van der Waals surface area contributed by atoms with Crippen molar-refractivity contribution in [2.45, 2.75) is 43.5 Å². The lowest BCUT2D eigenvalue weighted by Crippen LogP contribution is -2.32. The zero-order chi connectivity index (χ0) is 22.3. The number of nitrogens with zero attached hydrogens (tertiary/aromatic N) is 1. The topological polar surface area (TPSA) is 92.8 Å². The molecule has 1 atom stereocenters. The molecular formula is C23H28N2O5S. The van der Waals surface area contributed by atoms with Gasteiger partial charge in [0.1, 0.15) is 0 Å². The lowest BCUT2D eigenvalue weighted by atomic mass is 10.1. The van der Waals surface area contributed by atoms with Crippen LogP contribution in [0.1, 0.15) is 54.6 Å². The van der Waals surface area contributed by atoms with E-state index in [0.29, 0.717) is 13.1 Å². The van der Waals surface area contributed by atoms with Gasteiger partial charge in [0.25, 0.3) is 5.91 Å². The Morgan fingerprint density at radius 1 is 1.00 bits per heavy atom. The van der Waals surface area contributed by atoms with E-state index in [1.165, 1.54) is 28.6 Å². The summed E-state index contributed by atoms with van der Waals surface area (Å²) in [7, 11) is -3.67. The number of sulfonamides is 1. The van der Waals surface area contributed by atoms with E-state index in [1.54, 1.807) is 0 Å². The lowest BCUT2D eigenvalue weighted by molar-refractivity contribution is -0.124. The van der Waals surface area contributed by atoms with Crippen LogP contribution in [0.25, 0.3) is 0 Å². The van der Waals surface area contributed by atoms with Crippen molar-refractivity contribution in [3.63, 3.8) is 0 Å². The smallest absolute Gasteiger partial charge is 0.338 e. The second-order valence-electron chi connectivity index (χ2n) is 7.62. The normalized spacial score (nSPS) is 16.2. The summed E-state index contributed by atoms with van der Waals surface area (Å²) < 4.78 is 32.5. The highest BCUT2D eigenvalue weighted by Gasteiger charge is 2.26. The minimum Gasteiger partial charge on any atom is -0.452 e. The van der Waals surface area contributed by atoms with Gasteiger partial charge in [-0.3, -0.25) is 4.79 Å². The first-order chi connectivity index (χ1) is 14.9. The van der Waals surface area contributed by atoms with Crippen molar-refractivity contribution in [1.29, 1.82) is 0 Å². The third-order valence-corrected chi connectivity index (χ3v) is 7.18. The summed E-state index contributed by atoms with van der Waals surface area (Å²) in [6, 6.07) is 15.0. The van der Waals surface area contributed by atoms with Crippen LogP contribution in [0.15, 0.2) is 59.5 Å². The third-order valence-electron chi connectivity index (χ3n) is 5.28. The van der Waals surface area contributed by atoms with Crippen molar-refractivity contribution in [2.75, 3.05) is 19.7 Å². The van der Waals surface area contributed by atoms with Gasteiger partial charge in [-0.1, -0.05) is 49.2 Å². The van der Waals surface area contributed by atoms with Gasteiger partial charge in [0.2, 0.25) is 10.0 Å². The molecule has 0 bridgehead atoms. The number of rotatable bonds is 7. The first-order valence-electron chi connectivity index (χ1n) is 10.5. The van der Waals surface area contributed by atoms with E-state index in [-0.39, 0.29) is 16.5 Å². The fraction of sp³-hybridized carbons (Fsp3) is 0.391. The van der Waals surface area contributed by atoms with Gasteiger partial charge in [-0.15, -0.1) is 0 Å². The van der Waals surface area contributed by atoms with Gasteiger partial charge in [-0.05, 0) is 43.5 Å². The Balaban J connectivity index is 1.60. The zero-order valence-electron chi connectivity index (χ0n) is 17.6. The standard InChI is InChI=1S/C23H28N2O5S/c1-18(19-10-5-4-6-11-19)24-22(26)17-30-23(27)20-12-9-13-21(16-20)31(28,29)25-14-7-2-3-8-15-25/h4-6,9-13,16,18H,2-3,7-8,14-15,17H2,1H3,(H,24,26).